The molecule has 0 radical (unpaired) electrons. The van der Waals surface area contributed by atoms with Crippen LogP contribution in [0.4, 0.5) is 0 Å². The minimum atomic E-state index is -0.233. The lowest BCUT2D eigenvalue weighted by atomic mass is 9.99. The molecule has 3 aromatic rings. The molecule has 5 nitrogen and oxygen atoms in total. The summed E-state index contributed by atoms with van der Waals surface area (Å²) in [7, 11) is 1.58. The van der Waals surface area contributed by atoms with Crippen molar-refractivity contribution >= 4 is 23.4 Å². The van der Waals surface area contributed by atoms with Crippen molar-refractivity contribution in [3.63, 3.8) is 0 Å². The van der Waals surface area contributed by atoms with Crippen LogP contribution in [0.5, 0.6) is 11.5 Å². The molecule has 152 valence electrons. The number of benzene rings is 2. The lowest BCUT2D eigenvalue weighted by Gasteiger charge is -2.20. The first-order chi connectivity index (χ1) is 13.8. The van der Waals surface area contributed by atoms with Crippen LogP contribution in [-0.4, -0.2) is 23.3 Å². The van der Waals surface area contributed by atoms with E-state index in [1.165, 1.54) is 16.3 Å². The van der Waals surface area contributed by atoms with Gasteiger partial charge in [0.15, 0.2) is 16.5 Å². The van der Waals surface area contributed by atoms with E-state index in [0.717, 1.165) is 4.90 Å². The Bertz CT molecular complexity index is 1060. The molecule has 0 unspecified atom stereocenters. The number of hydrogen-bond acceptors (Lipinski definition) is 5. The quantitative estimate of drug-likeness (QED) is 0.519. The van der Waals surface area contributed by atoms with Crippen molar-refractivity contribution in [2.45, 2.75) is 30.7 Å². The highest BCUT2D eigenvalue weighted by Gasteiger charge is 2.15. The Labute approximate surface area is 179 Å². The molecule has 0 aliphatic rings. The maximum absolute atomic E-state index is 13.0. The van der Waals surface area contributed by atoms with Gasteiger partial charge in [-0.25, -0.2) is 4.98 Å². The average Bonchev–Trinajstić information content (AvgIpc) is 2.69. The summed E-state index contributed by atoms with van der Waals surface area (Å²) in [5.41, 5.74) is 0.456. The Morgan fingerprint density at radius 1 is 1.14 bits per heavy atom. The summed E-state index contributed by atoms with van der Waals surface area (Å²) >= 11 is 7.46. The van der Waals surface area contributed by atoms with E-state index < -0.39 is 0 Å². The molecule has 0 fully saturated rings. The van der Waals surface area contributed by atoms with Gasteiger partial charge in [0.05, 0.1) is 24.4 Å². The highest BCUT2D eigenvalue weighted by Crippen LogP contribution is 2.32. The number of halogens is 1. The Balaban J connectivity index is 1.93. The number of hydrogen-bond donors (Lipinski definition) is 0. The molecule has 0 amide bonds. The first kappa shape index (κ1) is 21.3. The zero-order chi connectivity index (χ0) is 21.0. The number of ether oxygens (including phenoxy) is 2. The molecule has 0 spiro atoms. The van der Waals surface area contributed by atoms with Crippen molar-refractivity contribution < 1.29 is 9.47 Å². The predicted molar refractivity (Wildman–Crippen MR) is 117 cm³/mol. The molecule has 3 rings (SSSR count). The third-order valence-electron chi connectivity index (χ3n) is 3.94. The second-order valence-electron chi connectivity index (χ2n) is 7.62. The van der Waals surface area contributed by atoms with Crippen molar-refractivity contribution in [1.29, 1.82) is 0 Å². The van der Waals surface area contributed by atoms with Crippen LogP contribution in [0.2, 0.25) is 5.02 Å². The maximum atomic E-state index is 13.0. The number of rotatable bonds is 6. The highest BCUT2D eigenvalue weighted by molar-refractivity contribution is 7.99. The molecular weight excluding hydrogens is 408 g/mol. The first-order valence-electron chi connectivity index (χ1n) is 9.10. The smallest absolute Gasteiger partial charge is 0.287 e. The van der Waals surface area contributed by atoms with E-state index in [-0.39, 0.29) is 11.0 Å². The second kappa shape index (κ2) is 8.93. The van der Waals surface area contributed by atoms with Gasteiger partial charge in [-0.3, -0.25) is 9.36 Å². The monoisotopic (exact) mass is 430 g/mol. The Morgan fingerprint density at radius 3 is 2.59 bits per heavy atom. The van der Waals surface area contributed by atoms with E-state index in [4.69, 9.17) is 21.1 Å². The molecule has 0 bridgehead atoms. The number of methoxy groups -OCH3 is 1. The molecule has 0 atom stereocenters. The fourth-order valence-corrected chi connectivity index (χ4v) is 3.59. The topological polar surface area (TPSA) is 53.4 Å². The van der Waals surface area contributed by atoms with Crippen LogP contribution in [0.1, 0.15) is 20.8 Å². The summed E-state index contributed by atoms with van der Waals surface area (Å²) in [4.78, 5) is 18.0. The van der Waals surface area contributed by atoms with Crippen molar-refractivity contribution in [3.05, 3.63) is 70.2 Å². The van der Waals surface area contributed by atoms with E-state index in [1.807, 2.05) is 30.3 Å². The molecule has 0 N–H and O–H groups in total. The fraction of sp³-hybridized carbons (Fsp3) is 0.273. The lowest BCUT2D eigenvalue weighted by molar-refractivity contribution is 0.191. The zero-order valence-electron chi connectivity index (χ0n) is 16.8. The summed E-state index contributed by atoms with van der Waals surface area (Å²) in [5.74, 6) is 1.20. The third kappa shape index (κ3) is 5.34. The van der Waals surface area contributed by atoms with Crippen molar-refractivity contribution in [3.8, 4) is 17.2 Å². The normalized spacial score (nSPS) is 11.3. The van der Waals surface area contributed by atoms with Crippen LogP contribution in [0.3, 0.4) is 0 Å². The maximum Gasteiger partial charge on any atom is 0.287 e. The summed E-state index contributed by atoms with van der Waals surface area (Å²) in [6.07, 6.45) is 3.22. The van der Waals surface area contributed by atoms with E-state index >= 15 is 0 Å². The van der Waals surface area contributed by atoms with Gasteiger partial charge in [0.1, 0.15) is 0 Å². The van der Waals surface area contributed by atoms with Crippen LogP contribution in [0, 0.1) is 5.41 Å². The van der Waals surface area contributed by atoms with Gasteiger partial charge in [-0.1, -0.05) is 56.3 Å². The highest BCUT2D eigenvalue weighted by atomic mass is 35.5. The van der Waals surface area contributed by atoms with E-state index in [0.29, 0.717) is 33.8 Å². The first-order valence-corrected chi connectivity index (χ1v) is 10.3. The molecule has 29 heavy (non-hydrogen) atoms. The van der Waals surface area contributed by atoms with Gasteiger partial charge < -0.3 is 9.47 Å². The van der Waals surface area contributed by atoms with E-state index in [9.17, 15) is 4.79 Å². The van der Waals surface area contributed by atoms with Crippen molar-refractivity contribution in [2.24, 2.45) is 5.41 Å². The van der Waals surface area contributed by atoms with Gasteiger partial charge in [-0.05, 0) is 29.7 Å². The van der Waals surface area contributed by atoms with Crippen LogP contribution < -0.4 is 15.0 Å². The average molecular weight is 431 g/mol. The van der Waals surface area contributed by atoms with E-state index in [2.05, 4.69) is 25.8 Å². The minimum absolute atomic E-state index is 0.0244. The van der Waals surface area contributed by atoms with Gasteiger partial charge in [0.2, 0.25) is 0 Å². The minimum Gasteiger partial charge on any atom is -0.493 e. The molecule has 1 aromatic heterocycles. The Kier molecular flexibility index (Phi) is 6.55. The second-order valence-corrected chi connectivity index (χ2v) is 9.06. The number of aromatic nitrogens is 2. The molecule has 0 aliphatic heterocycles. The van der Waals surface area contributed by atoms with E-state index in [1.54, 1.807) is 31.6 Å². The van der Waals surface area contributed by atoms with Gasteiger partial charge in [0, 0.05) is 23.4 Å². The molecular formula is C22H23ClN2O3S. The van der Waals surface area contributed by atoms with Crippen LogP contribution in [0.25, 0.3) is 5.69 Å². The Morgan fingerprint density at radius 2 is 1.90 bits per heavy atom. The SMILES string of the molecule is COc1cc(-n2ccnc(Sc3ccccc3Cl)c2=O)ccc1OCC(C)(C)C. The largest absolute Gasteiger partial charge is 0.493 e. The van der Waals surface area contributed by atoms with Crippen LogP contribution in [-0.2, 0) is 0 Å². The van der Waals surface area contributed by atoms with Crippen molar-refractivity contribution in [1.82, 2.24) is 9.55 Å². The summed E-state index contributed by atoms with van der Waals surface area (Å²) in [6.45, 7) is 6.85. The van der Waals surface area contributed by atoms with Crippen molar-refractivity contribution in [2.75, 3.05) is 13.7 Å². The standard InChI is InChI=1S/C22H23ClN2O3S/c1-22(2,3)14-28-17-10-9-15(13-18(17)27-4)25-12-11-24-20(21(25)26)29-19-8-6-5-7-16(19)23/h5-13H,14H2,1-4H3. The summed E-state index contributed by atoms with van der Waals surface area (Å²) < 4.78 is 12.9. The van der Waals surface area contributed by atoms with Gasteiger partial charge in [-0.2, -0.15) is 0 Å². The Hall–Kier alpha value is -2.44. The molecule has 1 heterocycles. The molecule has 2 aromatic carbocycles. The van der Waals surface area contributed by atoms with Gasteiger partial charge >= 0.3 is 0 Å². The summed E-state index contributed by atoms with van der Waals surface area (Å²) in [6, 6.07) is 12.8. The van der Waals surface area contributed by atoms with Crippen LogP contribution >= 0.6 is 23.4 Å². The fourth-order valence-electron chi connectivity index (χ4n) is 2.52. The lowest BCUT2D eigenvalue weighted by Crippen LogP contribution is -2.20. The molecule has 0 aliphatic carbocycles. The predicted octanol–water partition coefficient (Wildman–Crippen LogP) is 5.47. The molecule has 0 saturated heterocycles. The van der Waals surface area contributed by atoms with Gasteiger partial charge in [-0.15, -0.1) is 0 Å². The molecule has 7 heteroatoms. The van der Waals surface area contributed by atoms with Crippen LogP contribution in [0.15, 0.2) is 69.6 Å². The molecule has 0 saturated carbocycles. The number of nitrogens with zero attached hydrogens (tertiary/aromatic N) is 2. The zero-order valence-corrected chi connectivity index (χ0v) is 18.4. The third-order valence-corrected chi connectivity index (χ3v) is 5.43. The van der Waals surface area contributed by atoms with Gasteiger partial charge in [0.25, 0.3) is 5.56 Å². The summed E-state index contributed by atoms with van der Waals surface area (Å²) in [5, 5.41) is 0.920.